The largest absolute Gasteiger partial charge is 0.383 e. The van der Waals surface area contributed by atoms with Crippen LogP contribution in [-0.4, -0.2) is 87.2 Å². The lowest BCUT2D eigenvalue weighted by molar-refractivity contribution is -0.122. The third-order valence-corrected chi connectivity index (χ3v) is 5.78. The minimum absolute atomic E-state index is 0. The zero-order chi connectivity index (χ0) is 21.5. The van der Waals surface area contributed by atoms with Crippen molar-refractivity contribution in [1.82, 2.24) is 20.4 Å². The second-order valence-electron chi connectivity index (χ2n) is 7.63. The van der Waals surface area contributed by atoms with Gasteiger partial charge in [-0.25, -0.2) is 4.39 Å². The third-order valence-electron chi connectivity index (χ3n) is 5.45. The van der Waals surface area contributed by atoms with E-state index in [1.54, 1.807) is 19.2 Å². The van der Waals surface area contributed by atoms with Gasteiger partial charge in [-0.3, -0.25) is 14.7 Å². The van der Waals surface area contributed by atoms with E-state index < -0.39 is 0 Å². The summed E-state index contributed by atoms with van der Waals surface area (Å²) in [5.41, 5.74) is 0.594. The number of nitrogens with zero attached hydrogens (tertiary/aromatic N) is 3. The lowest BCUT2D eigenvalue weighted by atomic mass is 10.1. The number of hydrogen-bond donors (Lipinski definition) is 2. The number of halogens is 3. The summed E-state index contributed by atoms with van der Waals surface area (Å²) in [4.78, 5) is 21.0. The van der Waals surface area contributed by atoms with Gasteiger partial charge in [0.15, 0.2) is 5.96 Å². The van der Waals surface area contributed by atoms with Gasteiger partial charge in [0.1, 0.15) is 5.82 Å². The van der Waals surface area contributed by atoms with Crippen molar-refractivity contribution >= 4 is 47.4 Å². The molecule has 174 valence electrons. The molecule has 1 aromatic carbocycles. The SMILES string of the molecule is CCN=C(NC1CC1c1c(F)cccc1Cl)N1CCN(CC(=O)NCCOC)CC1.I. The van der Waals surface area contributed by atoms with E-state index in [1.807, 2.05) is 6.92 Å². The van der Waals surface area contributed by atoms with E-state index in [0.717, 1.165) is 38.6 Å². The molecule has 2 N–H and O–H groups in total. The van der Waals surface area contributed by atoms with E-state index in [9.17, 15) is 9.18 Å². The molecule has 2 atom stereocenters. The van der Waals surface area contributed by atoms with Crippen molar-refractivity contribution in [2.75, 3.05) is 59.5 Å². The molecule has 2 aliphatic rings. The molecule has 1 aliphatic heterocycles. The maximum atomic E-state index is 14.2. The predicted octanol–water partition coefficient (Wildman–Crippen LogP) is 2.30. The van der Waals surface area contributed by atoms with E-state index in [-0.39, 0.29) is 47.7 Å². The number of nitrogens with one attached hydrogen (secondary N) is 2. The van der Waals surface area contributed by atoms with E-state index in [4.69, 9.17) is 16.3 Å². The van der Waals surface area contributed by atoms with Gasteiger partial charge in [0.2, 0.25) is 5.91 Å². The fraction of sp³-hybridized carbons (Fsp3) is 0.619. The highest BCUT2D eigenvalue weighted by molar-refractivity contribution is 14.0. The summed E-state index contributed by atoms with van der Waals surface area (Å²) < 4.78 is 19.1. The van der Waals surface area contributed by atoms with Crippen LogP contribution in [0, 0.1) is 5.82 Å². The highest BCUT2D eigenvalue weighted by Gasteiger charge is 2.42. The first-order valence-corrected chi connectivity index (χ1v) is 10.9. The van der Waals surface area contributed by atoms with Gasteiger partial charge < -0.3 is 20.3 Å². The fourth-order valence-electron chi connectivity index (χ4n) is 3.76. The van der Waals surface area contributed by atoms with Crippen molar-refractivity contribution < 1.29 is 13.9 Å². The van der Waals surface area contributed by atoms with Gasteiger partial charge in [0.05, 0.1) is 13.2 Å². The average Bonchev–Trinajstić information content (AvgIpc) is 3.47. The van der Waals surface area contributed by atoms with E-state index in [1.165, 1.54) is 6.07 Å². The molecule has 1 amide bonds. The summed E-state index contributed by atoms with van der Waals surface area (Å²) in [6, 6.07) is 4.96. The second-order valence-corrected chi connectivity index (χ2v) is 8.04. The predicted molar refractivity (Wildman–Crippen MR) is 132 cm³/mol. The van der Waals surface area contributed by atoms with Gasteiger partial charge in [-0.1, -0.05) is 17.7 Å². The second kappa shape index (κ2) is 12.8. The normalized spacial score (nSPS) is 21.4. The zero-order valence-electron chi connectivity index (χ0n) is 18.1. The number of amides is 1. The minimum atomic E-state index is -0.247. The lowest BCUT2D eigenvalue weighted by Gasteiger charge is -2.36. The van der Waals surface area contributed by atoms with Crippen LogP contribution >= 0.6 is 35.6 Å². The van der Waals surface area contributed by atoms with E-state index in [0.29, 0.717) is 36.8 Å². The third kappa shape index (κ3) is 7.44. The van der Waals surface area contributed by atoms with Crippen LogP contribution in [0.3, 0.4) is 0 Å². The molecule has 0 bridgehead atoms. The van der Waals surface area contributed by atoms with Crippen molar-refractivity contribution in [3.63, 3.8) is 0 Å². The van der Waals surface area contributed by atoms with Crippen LogP contribution in [0.15, 0.2) is 23.2 Å². The summed E-state index contributed by atoms with van der Waals surface area (Å²) in [7, 11) is 1.61. The Labute approximate surface area is 205 Å². The molecule has 31 heavy (non-hydrogen) atoms. The Kier molecular flexibility index (Phi) is 10.7. The number of ether oxygens (including phenoxy) is 1. The van der Waals surface area contributed by atoms with Gasteiger partial charge in [0.25, 0.3) is 0 Å². The number of aliphatic imine (C=N–C) groups is 1. The van der Waals surface area contributed by atoms with Gasteiger partial charge >= 0.3 is 0 Å². The number of guanidine groups is 1. The highest BCUT2D eigenvalue weighted by atomic mass is 127. The molecule has 1 saturated heterocycles. The van der Waals surface area contributed by atoms with E-state index in [2.05, 4.69) is 25.4 Å². The summed E-state index contributed by atoms with van der Waals surface area (Å²) in [5.74, 6) is 0.686. The van der Waals surface area contributed by atoms with Crippen LogP contribution in [0.4, 0.5) is 4.39 Å². The monoisotopic (exact) mass is 567 g/mol. The van der Waals surface area contributed by atoms with Gasteiger partial charge in [-0.05, 0) is 25.5 Å². The maximum Gasteiger partial charge on any atom is 0.234 e. The molecule has 1 heterocycles. The van der Waals surface area contributed by atoms with Crippen molar-refractivity contribution in [3.05, 3.63) is 34.6 Å². The first-order chi connectivity index (χ1) is 14.5. The molecule has 2 unspecified atom stereocenters. The van der Waals surface area contributed by atoms with Crippen LogP contribution in [0.5, 0.6) is 0 Å². The maximum absolute atomic E-state index is 14.2. The molecule has 2 fully saturated rings. The van der Waals surface area contributed by atoms with Gasteiger partial charge in [0, 0.05) is 68.9 Å². The van der Waals surface area contributed by atoms with Crippen molar-refractivity contribution in [1.29, 1.82) is 0 Å². The van der Waals surface area contributed by atoms with E-state index >= 15 is 0 Å². The summed E-state index contributed by atoms with van der Waals surface area (Å²) in [6.07, 6.45) is 0.838. The Morgan fingerprint density at radius 3 is 2.71 bits per heavy atom. The minimum Gasteiger partial charge on any atom is -0.383 e. The molecule has 7 nitrogen and oxygen atoms in total. The Morgan fingerprint density at radius 2 is 2.06 bits per heavy atom. The first-order valence-electron chi connectivity index (χ1n) is 10.5. The van der Waals surface area contributed by atoms with Crippen LogP contribution in [0.2, 0.25) is 5.02 Å². The first kappa shape index (κ1) is 26.1. The quantitative estimate of drug-likeness (QED) is 0.218. The summed E-state index contributed by atoms with van der Waals surface area (Å²) in [6.45, 7) is 7.25. The Morgan fingerprint density at radius 1 is 1.32 bits per heavy atom. The Bertz CT molecular complexity index is 741. The van der Waals surface area contributed by atoms with Crippen LogP contribution < -0.4 is 10.6 Å². The molecular formula is C21H32ClFIN5O2. The Balaban J connectivity index is 0.00000341. The lowest BCUT2D eigenvalue weighted by Crippen LogP contribution is -2.54. The summed E-state index contributed by atoms with van der Waals surface area (Å²) >= 11 is 6.22. The van der Waals surface area contributed by atoms with Crippen LogP contribution in [0.25, 0.3) is 0 Å². The average molecular weight is 568 g/mol. The molecule has 0 spiro atoms. The number of rotatable bonds is 8. The number of hydrogen-bond acceptors (Lipinski definition) is 4. The molecule has 1 aromatic rings. The van der Waals surface area contributed by atoms with Crippen molar-refractivity contribution in [3.8, 4) is 0 Å². The van der Waals surface area contributed by atoms with Crippen molar-refractivity contribution in [2.24, 2.45) is 4.99 Å². The summed E-state index contributed by atoms with van der Waals surface area (Å²) in [5, 5.41) is 6.83. The van der Waals surface area contributed by atoms with Crippen LogP contribution in [0.1, 0.15) is 24.8 Å². The smallest absolute Gasteiger partial charge is 0.234 e. The topological polar surface area (TPSA) is 69.2 Å². The van der Waals surface area contributed by atoms with Gasteiger partial charge in [-0.2, -0.15) is 0 Å². The van der Waals surface area contributed by atoms with Crippen LogP contribution in [-0.2, 0) is 9.53 Å². The number of benzene rings is 1. The highest BCUT2D eigenvalue weighted by Crippen LogP contribution is 2.45. The Hall–Kier alpha value is -1.17. The number of piperazine rings is 1. The number of carbonyl (C=O) groups is 1. The number of methoxy groups -OCH3 is 1. The van der Waals surface area contributed by atoms with Gasteiger partial charge in [-0.15, -0.1) is 24.0 Å². The molecular weight excluding hydrogens is 536 g/mol. The molecule has 0 aromatic heterocycles. The molecule has 1 aliphatic carbocycles. The standard InChI is InChI=1S/C21H31ClFN5O2.HI/c1-3-24-21(26-18-13-15(18)20-16(22)5-4-6-17(20)23)28-10-8-27(9-11-28)14-19(29)25-7-12-30-2;/h4-6,15,18H,3,7-14H2,1-2H3,(H,24,26)(H,25,29);1H. The molecule has 1 saturated carbocycles. The molecule has 10 heteroatoms. The molecule has 0 radical (unpaired) electrons. The van der Waals surface area contributed by atoms with Crippen molar-refractivity contribution in [2.45, 2.75) is 25.3 Å². The molecule has 3 rings (SSSR count). The zero-order valence-corrected chi connectivity index (χ0v) is 21.2. The fourth-order valence-corrected chi connectivity index (χ4v) is 4.06. The number of carbonyl (C=O) groups excluding carboxylic acids is 1.